The van der Waals surface area contributed by atoms with Crippen molar-refractivity contribution in [2.24, 2.45) is 5.92 Å². The van der Waals surface area contributed by atoms with Crippen molar-refractivity contribution >= 4 is 52.0 Å². The minimum atomic E-state index is -4.03. The normalized spacial score (nSPS) is 11.9. The molecule has 0 bridgehead atoms. The van der Waals surface area contributed by atoms with Crippen LogP contribution in [0.2, 0.25) is 5.02 Å². The SMILES string of the molecule is CCCC(=O)N(CCNC(=O)[C@@H](CS)Cc1cccc(Cl)c1)Cc1ccc(-c2ccccc2S(=O)(=O)NC(C)=O)cc1. The molecule has 0 unspecified atom stereocenters. The summed E-state index contributed by atoms with van der Waals surface area (Å²) in [6.07, 6.45) is 1.59. The smallest absolute Gasteiger partial charge is 0.264 e. The second-order valence-corrected chi connectivity index (χ2v) is 12.4. The number of thiol groups is 1. The molecule has 0 aromatic heterocycles. The molecule has 8 nitrogen and oxygen atoms in total. The monoisotopic (exact) mass is 629 g/mol. The van der Waals surface area contributed by atoms with E-state index < -0.39 is 15.9 Å². The third kappa shape index (κ3) is 9.61. The molecule has 0 aliphatic rings. The van der Waals surface area contributed by atoms with E-state index in [0.29, 0.717) is 60.8 Å². The van der Waals surface area contributed by atoms with Crippen LogP contribution in [0, 0.1) is 5.92 Å². The second kappa shape index (κ2) is 15.8. The lowest BCUT2D eigenvalue weighted by Crippen LogP contribution is -2.40. The fraction of sp³-hybridized carbons (Fsp3) is 0.323. The Morgan fingerprint density at radius 3 is 2.33 bits per heavy atom. The van der Waals surface area contributed by atoms with Gasteiger partial charge in [0.15, 0.2) is 0 Å². The highest BCUT2D eigenvalue weighted by atomic mass is 35.5. The highest BCUT2D eigenvalue weighted by Gasteiger charge is 2.21. The Morgan fingerprint density at radius 1 is 0.976 bits per heavy atom. The Kier molecular flexibility index (Phi) is 12.4. The number of rotatable bonds is 14. The van der Waals surface area contributed by atoms with Crippen LogP contribution >= 0.6 is 24.2 Å². The molecular formula is C31H36ClN3O5S2. The first-order valence-electron chi connectivity index (χ1n) is 13.7. The third-order valence-corrected chi connectivity index (χ3v) is 8.72. The molecule has 0 spiro atoms. The van der Waals surface area contributed by atoms with E-state index in [1.54, 1.807) is 41.3 Å². The van der Waals surface area contributed by atoms with E-state index in [0.717, 1.165) is 18.1 Å². The van der Waals surface area contributed by atoms with Crippen LogP contribution in [0.15, 0.2) is 77.7 Å². The van der Waals surface area contributed by atoms with Gasteiger partial charge in [-0.3, -0.25) is 14.4 Å². The summed E-state index contributed by atoms with van der Waals surface area (Å²) in [6, 6.07) is 21.1. The summed E-state index contributed by atoms with van der Waals surface area (Å²) in [5, 5.41) is 3.56. The lowest BCUT2D eigenvalue weighted by Gasteiger charge is -2.24. The van der Waals surface area contributed by atoms with E-state index in [9.17, 15) is 22.8 Å². The van der Waals surface area contributed by atoms with Crippen molar-refractivity contribution in [3.8, 4) is 11.1 Å². The van der Waals surface area contributed by atoms with Crippen LogP contribution in [0.1, 0.15) is 37.8 Å². The van der Waals surface area contributed by atoms with Gasteiger partial charge in [0, 0.05) is 49.3 Å². The molecule has 0 fully saturated rings. The summed E-state index contributed by atoms with van der Waals surface area (Å²) in [6.45, 7) is 4.04. The quantitative estimate of drug-likeness (QED) is 0.220. The number of nitrogens with one attached hydrogen (secondary N) is 2. The number of nitrogens with zero attached hydrogens (tertiary/aromatic N) is 1. The van der Waals surface area contributed by atoms with Crippen LogP contribution in [0.25, 0.3) is 11.1 Å². The molecule has 3 aromatic rings. The van der Waals surface area contributed by atoms with E-state index >= 15 is 0 Å². The fourth-order valence-corrected chi connectivity index (χ4v) is 6.23. The summed E-state index contributed by atoms with van der Waals surface area (Å²) < 4.78 is 27.4. The predicted molar refractivity (Wildman–Crippen MR) is 169 cm³/mol. The van der Waals surface area contributed by atoms with Crippen molar-refractivity contribution in [2.45, 2.75) is 44.6 Å². The van der Waals surface area contributed by atoms with Crippen molar-refractivity contribution in [1.29, 1.82) is 0 Å². The van der Waals surface area contributed by atoms with Crippen molar-refractivity contribution in [3.63, 3.8) is 0 Å². The van der Waals surface area contributed by atoms with Crippen molar-refractivity contribution < 1.29 is 22.8 Å². The zero-order valence-electron chi connectivity index (χ0n) is 23.7. The van der Waals surface area contributed by atoms with E-state index in [1.165, 1.54) is 6.07 Å². The molecule has 3 rings (SSSR count). The Hall–Kier alpha value is -3.34. The zero-order valence-corrected chi connectivity index (χ0v) is 26.1. The van der Waals surface area contributed by atoms with Gasteiger partial charge in [0.05, 0.1) is 10.8 Å². The van der Waals surface area contributed by atoms with Gasteiger partial charge in [-0.25, -0.2) is 13.1 Å². The van der Waals surface area contributed by atoms with Gasteiger partial charge in [0.1, 0.15) is 0 Å². The summed E-state index contributed by atoms with van der Waals surface area (Å²) in [5.74, 6) is -0.789. The number of carbonyl (C=O) groups excluding carboxylic acids is 3. The number of sulfonamides is 1. The van der Waals surface area contributed by atoms with Crippen molar-refractivity contribution in [2.75, 3.05) is 18.8 Å². The average molecular weight is 630 g/mol. The topological polar surface area (TPSA) is 113 Å². The molecular weight excluding hydrogens is 594 g/mol. The molecule has 3 aromatic carbocycles. The van der Waals surface area contributed by atoms with Gasteiger partial charge in [0.2, 0.25) is 17.7 Å². The Labute approximate surface area is 258 Å². The van der Waals surface area contributed by atoms with Crippen LogP contribution < -0.4 is 10.0 Å². The molecule has 0 saturated heterocycles. The lowest BCUT2D eigenvalue weighted by molar-refractivity contribution is -0.132. The predicted octanol–water partition coefficient (Wildman–Crippen LogP) is 4.87. The summed E-state index contributed by atoms with van der Waals surface area (Å²) in [7, 11) is -4.03. The number of hydrogen-bond donors (Lipinski definition) is 3. The summed E-state index contributed by atoms with van der Waals surface area (Å²) >= 11 is 10.4. The fourth-order valence-electron chi connectivity index (χ4n) is 4.50. The number of carbonyl (C=O) groups is 3. The van der Waals surface area contributed by atoms with Gasteiger partial charge in [-0.15, -0.1) is 0 Å². The van der Waals surface area contributed by atoms with Crippen molar-refractivity contribution in [1.82, 2.24) is 14.9 Å². The number of amides is 3. The maximum Gasteiger partial charge on any atom is 0.264 e. The Bertz CT molecular complexity index is 1500. The number of benzene rings is 3. The standard InChI is InChI=1S/C31H36ClN3O5S2/c1-3-7-30(37)35(17-16-33-31(38)26(21-41)18-24-8-6-9-27(32)19-24)20-23-12-14-25(15-13-23)28-10-4-5-11-29(28)42(39,40)34-22(2)36/h4-6,8-15,19,26,41H,3,7,16-18,20-21H2,1-2H3,(H,33,38)(H,34,36)/t26-/m1/s1. The van der Waals surface area contributed by atoms with Gasteiger partial charge >= 0.3 is 0 Å². The first-order valence-corrected chi connectivity index (χ1v) is 16.2. The molecule has 11 heteroatoms. The first-order chi connectivity index (χ1) is 20.0. The van der Waals surface area contributed by atoms with Crippen LogP contribution in [0.3, 0.4) is 0 Å². The Morgan fingerprint density at radius 2 is 1.69 bits per heavy atom. The molecule has 1 atom stereocenters. The lowest BCUT2D eigenvalue weighted by atomic mass is 10.0. The van der Waals surface area contributed by atoms with E-state index in [4.69, 9.17) is 11.6 Å². The molecule has 2 N–H and O–H groups in total. The maximum absolute atomic E-state index is 12.9. The second-order valence-electron chi connectivity index (χ2n) is 9.92. The highest BCUT2D eigenvalue weighted by Crippen LogP contribution is 2.28. The molecule has 3 amide bonds. The Balaban J connectivity index is 1.68. The van der Waals surface area contributed by atoms with Crippen LogP contribution in [-0.4, -0.2) is 49.9 Å². The van der Waals surface area contributed by atoms with Crippen LogP contribution in [-0.2, 0) is 37.4 Å². The van der Waals surface area contributed by atoms with Crippen LogP contribution in [0.4, 0.5) is 0 Å². The summed E-state index contributed by atoms with van der Waals surface area (Å²) in [5.41, 5.74) is 2.91. The zero-order chi connectivity index (χ0) is 30.7. The molecule has 0 radical (unpaired) electrons. The summed E-state index contributed by atoms with van der Waals surface area (Å²) in [4.78, 5) is 38.9. The molecule has 42 heavy (non-hydrogen) atoms. The van der Waals surface area contributed by atoms with Gasteiger partial charge in [-0.2, -0.15) is 12.6 Å². The minimum Gasteiger partial charge on any atom is -0.354 e. The maximum atomic E-state index is 12.9. The van der Waals surface area contributed by atoms with Gasteiger partial charge in [-0.1, -0.05) is 73.1 Å². The largest absolute Gasteiger partial charge is 0.354 e. The third-order valence-electron chi connectivity index (χ3n) is 6.55. The minimum absolute atomic E-state index is 0.00156. The number of hydrogen-bond acceptors (Lipinski definition) is 6. The van der Waals surface area contributed by atoms with Gasteiger partial charge in [0.25, 0.3) is 10.0 Å². The molecule has 0 aliphatic carbocycles. The van der Waals surface area contributed by atoms with Gasteiger partial charge in [-0.05, 0) is 47.7 Å². The molecule has 0 aliphatic heterocycles. The van der Waals surface area contributed by atoms with Crippen LogP contribution in [0.5, 0.6) is 0 Å². The number of halogens is 1. The van der Waals surface area contributed by atoms with E-state index in [1.807, 2.05) is 42.0 Å². The van der Waals surface area contributed by atoms with Gasteiger partial charge < -0.3 is 10.2 Å². The van der Waals surface area contributed by atoms with Crippen molar-refractivity contribution in [3.05, 3.63) is 88.9 Å². The average Bonchev–Trinajstić information content (AvgIpc) is 2.95. The molecule has 224 valence electrons. The molecule has 0 heterocycles. The van der Waals surface area contributed by atoms with E-state index in [-0.39, 0.29) is 22.6 Å². The first kappa shape index (κ1) is 33.2. The molecule has 0 saturated carbocycles. The highest BCUT2D eigenvalue weighted by molar-refractivity contribution is 7.90. The van der Waals surface area contributed by atoms with E-state index in [2.05, 4.69) is 17.9 Å².